The molecule has 1 aromatic rings. The third kappa shape index (κ3) is 4.61. The topological polar surface area (TPSA) is 81.2 Å². The van der Waals surface area contributed by atoms with Crippen molar-refractivity contribution in [3.63, 3.8) is 0 Å². The Labute approximate surface area is 174 Å². The quantitative estimate of drug-likeness (QED) is 0.602. The molecule has 1 atom stereocenters. The number of ether oxygens (including phenoxy) is 3. The lowest BCUT2D eigenvalue weighted by molar-refractivity contribution is 0.0319. The fourth-order valence-corrected chi connectivity index (χ4v) is 5.92. The second kappa shape index (κ2) is 8.89. The van der Waals surface area contributed by atoms with Gasteiger partial charge in [-0.05, 0) is 12.8 Å². The van der Waals surface area contributed by atoms with Crippen molar-refractivity contribution < 1.29 is 27.0 Å². The van der Waals surface area contributed by atoms with Gasteiger partial charge in [-0.2, -0.15) is 9.37 Å². The van der Waals surface area contributed by atoms with Gasteiger partial charge in [0.2, 0.25) is 11.8 Å². The summed E-state index contributed by atoms with van der Waals surface area (Å²) >= 11 is 6.05. The molecule has 1 unspecified atom stereocenters. The monoisotopic (exact) mass is 449 g/mol. The van der Waals surface area contributed by atoms with Crippen LogP contribution in [0, 0.1) is 5.95 Å². The zero-order valence-corrected chi connectivity index (χ0v) is 17.7. The van der Waals surface area contributed by atoms with Gasteiger partial charge in [-0.25, -0.2) is 8.42 Å². The zero-order valence-electron chi connectivity index (χ0n) is 16.1. The zero-order chi connectivity index (χ0) is 20.4. The molecule has 1 aromatic heterocycles. The van der Waals surface area contributed by atoms with Gasteiger partial charge in [-0.15, -0.1) is 0 Å². The first-order valence-electron chi connectivity index (χ1n) is 9.87. The summed E-state index contributed by atoms with van der Waals surface area (Å²) < 4.78 is 56.6. The van der Waals surface area contributed by atoms with Crippen LogP contribution in [-0.4, -0.2) is 89.3 Å². The fourth-order valence-electron chi connectivity index (χ4n) is 3.91. The Bertz CT molecular complexity index is 844. The number of nitrogens with zero attached hydrogens (tertiary/aromatic N) is 3. The van der Waals surface area contributed by atoms with Crippen molar-refractivity contribution in [2.45, 2.75) is 23.8 Å². The molecule has 162 valence electrons. The molecular formula is C18H25ClFN3O5S. The average Bonchev–Trinajstić information content (AvgIpc) is 3.21. The van der Waals surface area contributed by atoms with Crippen molar-refractivity contribution in [2.24, 2.45) is 0 Å². The van der Waals surface area contributed by atoms with Gasteiger partial charge in [0.15, 0.2) is 9.84 Å². The molecule has 0 radical (unpaired) electrons. The third-order valence-electron chi connectivity index (χ3n) is 5.45. The van der Waals surface area contributed by atoms with Crippen LogP contribution in [0.15, 0.2) is 4.90 Å². The Kier molecular flexibility index (Phi) is 6.45. The van der Waals surface area contributed by atoms with Gasteiger partial charge < -0.3 is 19.1 Å². The highest BCUT2D eigenvalue weighted by Crippen LogP contribution is 2.43. The number of fused-ring (bicyclic) bond motifs is 1. The van der Waals surface area contributed by atoms with E-state index in [1.165, 1.54) is 0 Å². The molecule has 0 bridgehead atoms. The minimum absolute atomic E-state index is 0.00585. The number of rotatable bonds is 6. The Morgan fingerprint density at radius 2 is 2.03 bits per heavy atom. The van der Waals surface area contributed by atoms with E-state index in [1.807, 2.05) is 4.90 Å². The molecule has 3 aliphatic heterocycles. The molecule has 4 rings (SSSR count). The van der Waals surface area contributed by atoms with Crippen molar-refractivity contribution in [1.82, 2.24) is 9.88 Å². The van der Waals surface area contributed by atoms with Crippen molar-refractivity contribution in [3.05, 3.63) is 11.0 Å². The maximum Gasteiger partial charge on any atom is 0.241 e. The van der Waals surface area contributed by atoms with Gasteiger partial charge in [0.1, 0.15) is 22.2 Å². The standard InChI is InChI=1S/C18H25ClFN3O5S/c19-14-16-15(23(6-11-29(16,24)25)12-13-2-1-7-27-13)18(21-17(14)20)28-10-5-22-3-8-26-9-4-22/h13H,1-12H2. The molecule has 0 aromatic carbocycles. The summed E-state index contributed by atoms with van der Waals surface area (Å²) in [6.07, 6.45) is 1.86. The van der Waals surface area contributed by atoms with E-state index in [0.29, 0.717) is 32.9 Å². The van der Waals surface area contributed by atoms with E-state index in [9.17, 15) is 12.8 Å². The van der Waals surface area contributed by atoms with Crippen LogP contribution < -0.4 is 9.64 Å². The molecule has 3 aliphatic rings. The molecule has 4 heterocycles. The number of anilines is 1. The molecule has 11 heteroatoms. The van der Waals surface area contributed by atoms with Gasteiger partial charge in [0, 0.05) is 39.3 Å². The largest absolute Gasteiger partial charge is 0.475 e. The lowest BCUT2D eigenvalue weighted by Gasteiger charge is -2.34. The van der Waals surface area contributed by atoms with Crippen molar-refractivity contribution in [2.75, 3.05) is 69.8 Å². The normalized spacial score (nSPS) is 24.5. The van der Waals surface area contributed by atoms with Crippen LogP contribution in [-0.2, 0) is 19.3 Å². The summed E-state index contributed by atoms with van der Waals surface area (Å²) in [4.78, 5) is 7.65. The Morgan fingerprint density at radius 3 is 2.76 bits per heavy atom. The number of hydrogen-bond donors (Lipinski definition) is 0. The van der Waals surface area contributed by atoms with Crippen LogP contribution in [0.25, 0.3) is 0 Å². The highest BCUT2D eigenvalue weighted by molar-refractivity contribution is 7.91. The second-order valence-corrected chi connectivity index (χ2v) is 9.83. The molecule has 29 heavy (non-hydrogen) atoms. The first-order valence-corrected chi connectivity index (χ1v) is 11.9. The lowest BCUT2D eigenvalue weighted by Crippen LogP contribution is -2.41. The molecule has 0 saturated carbocycles. The molecule has 2 fully saturated rings. The Morgan fingerprint density at radius 1 is 1.24 bits per heavy atom. The number of sulfone groups is 1. The number of morpholine rings is 1. The summed E-state index contributed by atoms with van der Waals surface area (Å²) in [6, 6.07) is 0. The van der Waals surface area contributed by atoms with Crippen LogP contribution in [0.3, 0.4) is 0 Å². The van der Waals surface area contributed by atoms with Crippen molar-refractivity contribution >= 4 is 27.1 Å². The van der Waals surface area contributed by atoms with Gasteiger partial charge in [0.05, 0.1) is 25.1 Å². The van der Waals surface area contributed by atoms with E-state index < -0.39 is 20.8 Å². The van der Waals surface area contributed by atoms with E-state index in [1.54, 1.807) is 0 Å². The molecule has 0 N–H and O–H groups in total. The van der Waals surface area contributed by atoms with Gasteiger partial charge in [-0.1, -0.05) is 11.6 Å². The van der Waals surface area contributed by atoms with Gasteiger partial charge in [0.25, 0.3) is 0 Å². The fraction of sp³-hybridized carbons (Fsp3) is 0.722. The Balaban J connectivity index is 1.60. The van der Waals surface area contributed by atoms with Gasteiger partial charge >= 0.3 is 0 Å². The molecular weight excluding hydrogens is 425 g/mol. The highest BCUT2D eigenvalue weighted by Gasteiger charge is 2.37. The Hall–Kier alpha value is -1.20. The molecule has 0 amide bonds. The van der Waals surface area contributed by atoms with E-state index in [2.05, 4.69) is 9.88 Å². The molecule has 0 spiro atoms. The van der Waals surface area contributed by atoms with E-state index in [0.717, 1.165) is 25.9 Å². The lowest BCUT2D eigenvalue weighted by atomic mass is 10.2. The molecule has 0 aliphatic carbocycles. The number of hydrogen-bond acceptors (Lipinski definition) is 8. The summed E-state index contributed by atoms with van der Waals surface area (Å²) in [5.74, 6) is -1.20. The first-order chi connectivity index (χ1) is 14.0. The van der Waals surface area contributed by atoms with E-state index >= 15 is 0 Å². The summed E-state index contributed by atoms with van der Waals surface area (Å²) in [6.45, 7) is 5.23. The number of halogens is 2. The third-order valence-corrected chi connectivity index (χ3v) is 7.65. The van der Waals surface area contributed by atoms with Crippen molar-refractivity contribution in [3.8, 4) is 5.88 Å². The van der Waals surface area contributed by atoms with Crippen LogP contribution in [0.2, 0.25) is 5.02 Å². The minimum Gasteiger partial charge on any atom is -0.475 e. The minimum atomic E-state index is -3.73. The van der Waals surface area contributed by atoms with E-state index in [4.69, 9.17) is 25.8 Å². The summed E-state index contributed by atoms with van der Waals surface area (Å²) in [7, 11) is -3.73. The smallest absolute Gasteiger partial charge is 0.241 e. The SMILES string of the molecule is O=S1(=O)CCN(CC2CCCO2)c2c(OCCN3CCOCC3)nc(F)c(Cl)c21. The van der Waals surface area contributed by atoms with Crippen LogP contribution in [0.1, 0.15) is 12.8 Å². The highest BCUT2D eigenvalue weighted by atomic mass is 35.5. The molecule has 8 nitrogen and oxygen atoms in total. The molecule has 2 saturated heterocycles. The number of pyridine rings is 1. The summed E-state index contributed by atoms with van der Waals surface area (Å²) in [5, 5.41) is -0.474. The second-order valence-electron chi connectivity index (χ2n) is 7.40. The predicted molar refractivity (Wildman–Crippen MR) is 105 cm³/mol. The van der Waals surface area contributed by atoms with Crippen molar-refractivity contribution in [1.29, 1.82) is 0 Å². The first kappa shape index (κ1) is 21.0. The van der Waals surface area contributed by atoms with E-state index in [-0.39, 0.29) is 41.5 Å². The van der Waals surface area contributed by atoms with Gasteiger partial charge in [-0.3, -0.25) is 4.90 Å². The van der Waals surface area contributed by atoms with Crippen LogP contribution in [0.4, 0.5) is 10.1 Å². The van der Waals surface area contributed by atoms with Crippen LogP contribution >= 0.6 is 11.6 Å². The predicted octanol–water partition coefficient (Wildman–Crippen LogP) is 1.36. The maximum absolute atomic E-state index is 14.4. The average molecular weight is 450 g/mol. The number of aromatic nitrogens is 1. The maximum atomic E-state index is 14.4. The summed E-state index contributed by atoms with van der Waals surface area (Å²) in [5.41, 5.74) is 0.250. The van der Waals surface area contributed by atoms with Crippen LogP contribution in [0.5, 0.6) is 5.88 Å².